The van der Waals surface area contributed by atoms with Gasteiger partial charge >= 0.3 is 8.60 Å². The Morgan fingerprint density at radius 1 is 1.23 bits per heavy atom. The number of halogens is 2. The molecule has 1 atom stereocenters. The van der Waals surface area contributed by atoms with Gasteiger partial charge in [0.1, 0.15) is 18.7 Å². The number of nitrogens with zero attached hydrogens (tertiary/aromatic N) is 5. The van der Waals surface area contributed by atoms with Crippen LogP contribution in [0.2, 0.25) is 5.15 Å². The van der Waals surface area contributed by atoms with E-state index < -0.39 is 14.7 Å². The van der Waals surface area contributed by atoms with Gasteiger partial charge in [-0.3, -0.25) is 13.9 Å². The zero-order valence-corrected chi connectivity index (χ0v) is 23.9. The number of pyridine rings is 1. The Labute approximate surface area is 232 Å². The highest BCUT2D eigenvalue weighted by Crippen LogP contribution is 2.41. The number of hydrogen-bond donors (Lipinski definition) is 1. The normalized spacial score (nSPS) is 14.6. The van der Waals surface area contributed by atoms with E-state index in [0.717, 1.165) is 33.6 Å². The van der Waals surface area contributed by atoms with Crippen LogP contribution < -0.4 is 10.1 Å². The lowest BCUT2D eigenvalue weighted by Crippen LogP contribution is -2.12. The van der Waals surface area contributed by atoms with E-state index in [0.29, 0.717) is 35.2 Å². The summed E-state index contributed by atoms with van der Waals surface area (Å²) in [6.45, 7) is 4.55. The average molecular weight is 575 g/mol. The fraction of sp³-hybridized carbons (Fsp3) is 0.346. The van der Waals surface area contributed by atoms with Crippen molar-refractivity contribution in [2.75, 3.05) is 26.3 Å². The van der Waals surface area contributed by atoms with Crippen LogP contribution in [0.5, 0.6) is 5.75 Å². The number of nitrogens with one attached hydrogen (secondary N) is 1. The van der Waals surface area contributed by atoms with Gasteiger partial charge in [-0.2, -0.15) is 10.2 Å². The smallest absolute Gasteiger partial charge is 0.333 e. The molecule has 5 rings (SSSR count). The van der Waals surface area contributed by atoms with E-state index in [-0.39, 0.29) is 12.5 Å². The zero-order chi connectivity index (χ0) is 27.7. The maximum Gasteiger partial charge on any atom is 0.333 e. The van der Waals surface area contributed by atoms with Crippen LogP contribution in [0.1, 0.15) is 36.6 Å². The molecule has 3 aromatic heterocycles. The first-order valence-electron chi connectivity index (χ1n) is 12.3. The molecule has 1 aliphatic heterocycles. The third kappa shape index (κ3) is 5.50. The van der Waals surface area contributed by atoms with Crippen LogP contribution in [-0.2, 0) is 33.6 Å². The van der Waals surface area contributed by atoms with Crippen LogP contribution in [0.3, 0.4) is 0 Å². The maximum absolute atomic E-state index is 14.5. The van der Waals surface area contributed by atoms with Crippen molar-refractivity contribution in [1.82, 2.24) is 24.5 Å². The first-order valence-corrected chi connectivity index (χ1v) is 13.8. The van der Waals surface area contributed by atoms with Crippen LogP contribution in [0.25, 0.3) is 22.5 Å². The highest BCUT2D eigenvalue weighted by molar-refractivity contribution is 7.41. The molecule has 0 amide bonds. The van der Waals surface area contributed by atoms with Gasteiger partial charge in [-0.15, -0.1) is 0 Å². The van der Waals surface area contributed by atoms with Gasteiger partial charge in [0.15, 0.2) is 16.7 Å². The van der Waals surface area contributed by atoms with Crippen molar-refractivity contribution in [3.8, 4) is 28.3 Å². The third-order valence-corrected chi connectivity index (χ3v) is 7.66. The molecule has 0 spiro atoms. The fourth-order valence-electron chi connectivity index (χ4n) is 4.73. The molecule has 13 heteroatoms. The van der Waals surface area contributed by atoms with Crippen molar-refractivity contribution in [2.24, 2.45) is 7.05 Å². The summed E-state index contributed by atoms with van der Waals surface area (Å²) >= 11 is 6.71. The van der Waals surface area contributed by atoms with Gasteiger partial charge in [-0.1, -0.05) is 11.6 Å². The zero-order valence-electron chi connectivity index (χ0n) is 22.2. The van der Waals surface area contributed by atoms with Gasteiger partial charge in [-0.25, -0.2) is 9.37 Å². The Balaban J connectivity index is 1.68. The maximum atomic E-state index is 14.5. The van der Waals surface area contributed by atoms with Crippen LogP contribution in [0.4, 0.5) is 10.2 Å². The van der Waals surface area contributed by atoms with Crippen LogP contribution >= 0.6 is 20.2 Å². The van der Waals surface area contributed by atoms with E-state index in [1.54, 1.807) is 16.9 Å². The summed E-state index contributed by atoms with van der Waals surface area (Å²) < 4.78 is 40.5. The van der Waals surface area contributed by atoms with Gasteiger partial charge in [0.05, 0.1) is 11.4 Å². The number of aromatic nitrogens is 5. The Bertz CT molecular complexity index is 1490. The van der Waals surface area contributed by atoms with Gasteiger partial charge in [0, 0.05) is 74.4 Å². The number of benzene rings is 1. The molecule has 4 heterocycles. The standard InChI is InChI=1S/C26H29ClFN6O4P/c1-6-34-24-16-10-22(26(29-12-16)30-14-37-39(35-4)36-5)38-15(2)20-11-18(28)7-8-19(20)23-17(13-33(3)31-23)9-21(24)25(27)32-34/h7-8,10-13,15H,6,9,14H2,1-5H3,(H,29,30)/t15-/m1/s1. The Kier molecular flexibility index (Phi) is 8.16. The van der Waals surface area contributed by atoms with E-state index in [1.807, 2.05) is 37.8 Å². The lowest BCUT2D eigenvalue weighted by molar-refractivity contribution is 0.214. The summed E-state index contributed by atoms with van der Waals surface area (Å²) in [7, 11) is 3.37. The third-order valence-electron chi connectivity index (χ3n) is 6.42. The van der Waals surface area contributed by atoms with Crippen LogP contribution in [0, 0.1) is 5.82 Å². The molecule has 0 fully saturated rings. The second-order valence-electron chi connectivity index (χ2n) is 8.89. The van der Waals surface area contributed by atoms with Crippen LogP contribution in [-0.4, -0.2) is 45.5 Å². The molecular weight excluding hydrogens is 546 g/mol. The first-order chi connectivity index (χ1) is 18.8. The van der Waals surface area contributed by atoms with E-state index in [4.69, 9.17) is 35.0 Å². The molecule has 0 radical (unpaired) electrons. The second kappa shape index (κ2) is 11.6. The van der Waals surface area contributed by atoms with E-state index in [2.05, 4.69) is 15.4 Å². The summed E-state index contributed by atoms with van der Waals surface area (Å²) in [5.74, 6) is 0.525. The fourth-order valence-corrected chi connectivity index (χ4v) is 5.51. The predicted molar refractivity (Wildman–Crippen MR) is 147 cm³/mol. The molecule has 10 nitrogen and oxygen atoms in total. The molecule has 206 valence electrons. The summed E-state index contributed by atoms with van der Waals surface area (Å²) in [6, 6.07) is 6.53. The number of hydrogen-bond acceptors (Lipinski definition) is 8. The Morgan fingerprint density at radius 2 is 2.03 bits per heavy atom. The molecule has 1 N–H and O–H groups in total. The molecular formula is C26H29ClFN6O4P. The van der Waals surface area contributed by atoms with E-state index in [1.165, 1.54) is 26.4 Å². The summed E-state index contributed by atoms with van der Waals surface area (Å²) in [4.78, 5) is 4.65. The Hall–Kier alpha value is -3.08. The number of fused-ring (bicyclic) bond motifs is 7. The van der Waals surface area contributed by atoms with Gasteiger partial charge in [-0.05, 0) is 38.1 Å². The minimum atomic E-state index is -1.50. The molecule has 0 aliphatic carbocycles. The molecule has 4 aromatic rings. The summed E-state index contributed by atoms with van der Waals surface area (Å²) in [5.41, 5.74) is 5.56. The molecule has 1 aromatic carbocycles. The Morgan fingerprint density at radius 3 is 2.77 bits per heavy atom. The van der Waals surface area contributed by atoms with Crippen molar-refractivity contribution in [1.29, 1.82) is 0 Å². The van der Waals surface area contributed by atoms with Crippen molar-refractivity contribution in [3.05, 3.63) is 64.3 Å². The molecule has 39 heavy (non-hydrogen) atoms. The average Bonchev–Trinajstić information content (AvgIpc) is 3.45. The van der Waals surface area contributed by atoms with Crippen molar-refractivity contribution < 1.29 is 22.7 Å². The molecule has 1 aliphatic rings. The SMILES string of the molecule is CCn1nc(Cl)c2c1-c1cnc(NCOP(OC)OC)c(c1)O[C@H](C)c1cc(F)ccc1-c1nn(C)cc1C2. The molecule has 0 saturated heterocycles. The van der Waals surface area contributed by atoms with Crippen molar-refractivity contribution >= 4 is 26.0 Å². The molecule has 0 saturated carbocycles. The number of anilines is 1. The largest absolute Gasteiger partial charge is 0.482 e. The first kappa shape index (κ1) is 27.5. The topological polar surface area (TPSA) is 97.5 Å². The second-order valence-corrected chi connectivity index (χ2v) is 10.7. The van der Waals surface area contributed by atoms with Crippen molar-refractivity contribution in [3.63, 3.8) is 0 Å². The van der Waals surface area contributed by atoms with Crippen molar-refractivity contribution in [2.45, 2.75) is 32.9 Å². The predicted octanol–water partition coefficient (Wildman–Crippen LogP) is 6.11. The monoisotopic (exact) mass is 574 g/mol. The summed E-state index contributed by atoms with van der Waals surface area (Å²) in [6.07, 6.45) is 3.62. The number of rotatable bonds is 7. The van der Waals surface area contributed by atoms with Gasteiger partial charge in [0.25, 0.3) is 0 Å². The van der Waals surface area contributed by atoms with Crippen LogP contribution in [0.15, 0.2) is 36.7 Å². The molecule has 0 unspecified atom stereocenters. The number of ether oxygens (including phenoxy) is 1. The highest BCUT2D eigenvalue weighted by Gasteiger charge is 2.26. The van der Waals surface area contributed by atoms with Gasteiger partial charge < -0.3 is 19.1 Å². The van der Waals surface area contributed by atoms with E-state index in [9.17, 15) is 4.39 Å². The number of aryl methyl sites for hydroxylation is 2. The minimum Gasteiger partial charge on any atom is -0.482 e. The van der Waals surface area contributed by atoms with E-state index >= 15 is 0 Å². The molecule has 2 bridgehead atoms. The summed E-state index contributed by atoms with van der Waals surface area (Å²) in [5, 5.41) is 12.9. The minimum absolute atomic E-state index is 0.0664. The highest BCUT2D eigenvalue weighted by atomic mass is 35.5. The quantitative estimate of drug-likeness (QED) is 0.209. The lowest BCUT2D eigenvalue weighted by atomic mass is 9.94. The van der Waals surface area contributed by atoms with Gasteiger partial charge in [0.2, 0.25) is 0 Å². The lowest BCUT2D eigenvalue weighted by Gasteiger charge is -2.22.